The van der Waals surface area contributed by atoms with Gasteiger partial charge in [0.25, 0.3) is 5.91 Å². The van der Waals surface area contributed by atoms with Gasteiger partial charge in [-0.15, -0.1) is 0 Å². The number of nitrogens with zero attached hydrogens (tertiary/aromatic N) is 2. The first kappa shape index (κ1) is 20.7. The molecule has 1 atom stereocenters. The number of rotatable bonds is 5. The van der Waals surface area contributed by atoms with Crippen molar-refractivity contribution >= 4 is 31.7 Å². The van der Waals surface area contributed by atoms with Gasteiger partial charge in [-0.25, -0.2) is 8.42 Å². The van der Waals surface area contributed by atoms with Gasteiger partial charge >= 0.3 is 0 Å². The van der Waals surface area contributed by atoms with Crippen LogP contribution in [0.2, 0.25) is 0 Å². The van der Waals surface area contributed by atoms with Crippen molar-refractivity contribution in [1.82, 2.24) is 14.9 Å². The molecule has 0 radical (unpaired) electrons. The normalized spacial score (nSPS) is 16.9. The Morgan fingerprint density at radius 2 is 2.18 bits per heavy atom. The summed E-state index contributed by atoms with van der Waals surface area (Å²) in [5.41, 5.74) is 0.870. The van der Waals surface area contributed by atoms with E-state index in [1.807, 2.05) is 11.5 Å². The van der Waals surface area contributed by atoms with Gasteiger partial charge in [0, 0.05) is 31.0 Å². The number of hydrogen-bond acceptors (Lipinski definition) is 6. The van der Waals surface area contributed by atoms with E-state index in [-0.39, 0.29) is 28.5 Å². The lowest BCUT2D eigenvalue weighted by Gasteiger charge is -2.19. The molecule has 28 heavy (non-hydrogen) atoms. The highest BCUT2D eigenvalue weighted by atomic mass is 79.9. The molecule has 8 nitrogen and oxygen atoms in total. The molecule has 2 aromatic heterocycles. The summed E-state index contributed by atoms with van der Waals surface area (Å²) in [6.07, 6.45) is 4.72. The lowest BCUT2D eigenvalue weighted by atomic mass is 10.1. The zero-order valence-corrected chi connectivity index (χ0v) is 17.8. The Balaban J connectivity index is 1.79. The summed E-state index contributed by atoms with van der Waals surface area (Å²) in [6, 6.07) is 3.03. The van der Waals surface area contributed by atoms with Gasteiger partial charge in [-0.1, -0.05) is 0 Å². The Morgan fingerprint density at radius 3 is 2.75 bits per heavy atom. The van der Waals surface area contributed by atoms with Crippen LogP contribution in [0.5, 0.6) is 0 Å². The van der Waals surface area contributed by atoms with Gasteiger partial charge in [0.2, 0.25) is 5.43 Å². The second kappa shape index (κ2) is 8.14. The van der Waals surface area contributed by atoms with Crippen molar-refractivity contribution in [1.29, 1.82) is 0 Å². The first-order chi connectivity index (χ1) is 13.2. The van der Waals surface area contributed by atoms with E-state index in [4.69, 9.17) is 4.74 Å². The van der Waals surface area contributed by atoms with E-state index < -0.39 is 15.7 Å². The average Bonchev–Trinajstić information content (AvgIpc) is 3.18. The Bertz CT molecular complexity index is 1060. The smallest absolute Gasteiger partial charge is 0.257 e. The van der Waals surface area contributed by atoms with Crippen LogP contribution in [0.3, 0.4) is 0 Å². The van der Waals surface area contributed by atoms with Crippen molar-refractivity contribution in [2.24, 2.45) is 0 Å². The minimum atomic E-state index is -3.33. The van der Waals surface area contributed by atoms with Crippen LogP contribution >= 0.6 is 15.9 Å². The summed E-state index contributed by atoms with van der Waals surface area (Å²) in [5.74, 6) is -0.521. The fourth-order valence-electron chi connectivity index (χ4n) is 2.97. The summed E-state index contributed by atoms with van der Waals surface area (Å²) >= 11 is 3.30. The first-order valence-corrected chi connectivity index (χ1v) is 11.3. The third kappa shape index (κ3) is 4.34. The van der Waals surface area contributed by atoms with Crippen molar-refractivity contribution in [3.63, 3.8) is 0 Å². The van der Waals surface area contributed by atoms with Crippen LogP contribution in [-0.2, 0) is 21.1 Å². The molecule has 1 aliphatic heterocycles. The second-order valence-corrected chi connectivity index (χ2v) is 9.44. The Kier molecular flexibility index (Phi) is 6.01. The molecule has 10 heteroatoms. The molecule has 0 aliphatic carbocycles. The van der Waals surface area contributed by atoms with E-state index in [0.29, 0.717) is 23.4 Å². The van der Waals surface area contributed by atoms with Crippen LogP contribution in [0.25, 0.3) is 0 Å². The van der Waals surface area contributed by atoms with E-state index in [0.717, 1.165) is 18.4 Å². The maximum atomic E-state index is 12.6. The lowest BCUT2D eigenvalue weighted by molar-refractivity contribution is 0.0948. The number of pyridine rings is 2. The summed E-state index contributed by atoms with van der Waals surface area (Å²) in [5, 5.41) is 2.66. The standard InChI is InChI=1S/C18H20BrN3O5S/c1-11-16(19)17(23)15(9-22(11)13-5-6-27-10-13)18(24)21-7-12-3-4-14(8-20-12)28(2,25)26/h3-4,8-9,13H,5-7,10H2,1-2H3,(H,21,24). The fourth-order valence-corrected chi connectivity index (χ4v) is 3.95. The van der Waals surface area contributed by atoms with Crippen molar-refractivity contribution in [2.45, 2.75) is 30.8 Å². The summed E-state index contributed by atoms with van der Waals surface area (Å²) in [6.45, 7) is 3.07. The molecule has 1 N–H and O–H groups in total. The Hall–Kier alpha value is -2.04. The van der Waals surface area contributed by atoms with Gasteiger partial charge in [0.15, 0.2) is 9.84 Å². The highest BCUT2D eigenvalue weighted by Gasteiger charge is 2.23. The molecule has 2 aromatic rings. The van der Waals surface area contributed by atoms with E-state index in [1.54, 1.807) is 6.20 Å². The first-order valence-electron chi connectivity index (χ1n) is 8.60. The quantitative estimate of drug-likeness (QED) is 0.712. The maximum absolute atomic E-state index is 12.6. The zero-order chi connectivity index (χ0) is 20.5. The van der Waals surface area contributed by atoms with Gasteiger partial charge in [-0.3, -0.25) is 14.6 Å². The van der Waals surface area contributed by atoms with E-state index >= 15 is 0 Å². The molecule has 1 aliphatic rings. The van der Waals surface area contributed by atoms with Crippen LogP contribution in [0.4, 0.5) is 0 Å². The van der Waals surface area contributed by atoms with Crippen molar-refractivity contribution in [2.75, 3.05) is 19.5 Å². The van der Waals surface area contributed by atoms with Crippen LogP contribution in [0, 0.1) is 6.92 Å². The summed E-state index contributed by atoms with van der Waals surface area (Å²) < 4.78 is 30.6. The Morgan fingerprint density at radius 1 is 1.43 bits per heavy atom. The predicted molar refractivity (Wildman–Crippen MR) is 106 cm³/mol. The third-order valence-electron chi connectivity index (χ3n) is 4.62. The minimum absolute atomic E-state index is 0.0251. The number of ether oxygens (including phenoxy) is 1. The topological polar surface area (TPSA) is 107 Å². The van der Waals surface area contributed by atoms with Crippen LogP contribution < -0.4 is 10.7 Å². The molecule has 1 saturated heterocycles. The zero-order valence-electron chi connectivity index (χ0n) is 15.4. The molecule has 0 saturated carbocycles. The van der Waals surface area contributed by atoms with E-state index in [1.165, 1.54) is 18.3 Å². The van der Waals surface area contributed by atoms with Gasteiger partial charge in [0.05, 0.1) is 34.3 Å². The number of hydrogen-bond donors (Lipinski definition) is 1. The number of sulfone groups is 1. The Labute approximate surface area is 171 Å². The molecule has 1 amide bonds. The number of halogens is 1. The molecular formula is C18H20BrN3O5S. The van der Waals surface area contributed by atoms with Crippen molar-refractivity contribution in [3.8, 4) is 0 Å². The van der Waals surface area contributed by atoms with Crippen LogP contribution in [0.1, 0.15) is 34.2 Å². The molecular weight excluding hydrogens is 450 g/mol. The molecule has 0 spiro atoms. The number of carbonyl (C=O) groups is 1. The SMILES string of the molecule is Cc1c(Br)c(=O)c(C(=O)NCc2ccc(S(C)(=O)=O)cn2)cn1C1CCOC1. The summed E-state index contributed by atoms with van der Waals surface area (Å²) in [7, 11) is -3.33. The van der Waals surface area contributed by atoms with Gasteiger partial charge in [-0.05, 0) is 41.4 Å². The molecule has 3 rings (SSSR count). The number of amides is 1. The monoisotopic (exact) mass is 469 g/mol. The van der Waals surface area contributed by atoms with Crippen LogP contribution in [0.15, 0.2) is 38.7 Å². The third-order valence-corrected chi connectivity index (χ3v) is 6.65. The van der Waals surface area contributed by atoms with Crippen LogP contribution in [-0.4, -0.2) is 43.3 Å². The van der Waals surface area contributed by atoms with Crippen molar-refractivity contribution < 1.29 is 17.9 Å². The molecule has 1 fully saturated rings. The largest absolute Gasteiger partial charge is 0.379 e. The maximum Gasteiger partial charge on any atom is 0.257 e. The van der Waals surface area contributed by atoms with E-state index in [9.17, 15) is 18.0 Å². The summed E-state index contributed by atoms with van der Waals surface area (Å²) in [4.78, 5) is 29.3. The lowest BCUT2D eigenvalue weighted by Crippen LogP contribution is -2.31. The number of carbonyl (C=O) groups excluding carboxylic acids is 1. The minimum Gasteiger partial charge on any atom is -0.379 e. The molecule has 0 aromatic carbocycles. The predicted octanol–water partition coefficient (Wildman–Crippen LogP) is 1.61. The molecule has 3 heterocycles. The van der Waals surface area contributed by atoms with Gasteiger partial charge in [0.1, 0.15) is 5.56 Å². The molecule has 0 bridgehead atoms. The van der Waals surface area contributed by atoms with E-state index in [2.05, 4.69) is 26.2 Å². The molecule has 1 unspecified atom stereocenters. The fraction of sp³-hybridized carbons (Fsp3) is 0.389. The average molecular weight is 470 g/mol. The van der Waals surface area contributed by atoms with Crippen molar-refractivity contribution in [3.05, 3.63) is 56.2 Å². The molecule has 150 valence electrons. The number of aromatic nitrogens is 2. The van der Waals surface area contributed by atoms with Gasteiger partial charge < -0.3 is 14.6 Å². The second-order valence-electron chi connectivity index (χ2n) is 6.64. The highest BCUT2D eigenvalue weighted by Crippen LogP contribution is 2.23. The number of nitrogens with one attached hydrogen (secondary N) is 1. The highest BCUT2D eigenvalue weighted by molar-refractivity contribution is 9.10. The van der Waals surface area contributed by atoms with Gasteiger partial charge in [-0.2, -0.15) is 0 Å².